The van der Waals surface area contributed by atoms with E-state index >= 15 is 0 Å². The summed E-state index contributed by atoms with van der Waals surface area (Å²) in [6.45, 7) is 1.94. The van der Waals surface area contributed by atoms with Crippen molar-refractivity contribution in [3.8, 4) is 5.75 Å². The highest BCUT2D eigenvalue weighted by molar-refractivity contribution is 14.1. The molecule has 0 saturated carbocycles. The van der Waals surface area contributed by atoms with Crippen LogP contribution in [0.25, 0.3) is 0 Å². The molecule has 114 valence electrons. The molecule has 0 aliphatic rings. The Bertz CT molecular complexity index is 660. The number of nitrogens with zero attached hydrogens (tertiary/aromatic N) is 4. The summed E-state index contributed by atoms with van der Waals surface area (Å²) in [6.07, 6.45) is 2.20. The highest BCUT2D eigenvalue weighted by Gasteiger charge is 2.07. The maximum atomic E-state index is 9.93. The van der Waals surface area contributed by atoms with Gasteiger partial charge in [0.05, 0.1) is 9.78 Å². The topological polar surface area (TPSA) is 101 Å². The first-order chi connectivity index (χ1) is 9.52. The SMILES string of the molecule is CCc1nnc(NN=Cc2cc(I)cc(I)c2O)n1N.Cl. The smallest absolute Gasteiger partial charge is 0.263 e. The summed E-state index contributed by atoms with van der Waals surface area (Å²) in [5.74, 6) is 6.98. The van der Waals surface area contributed by atoms with Crippen LogP contribution in [0.15, 0.2) is 17.2 Å². The molecule has 0 spiro atoms. The molecule has 0 atom stereocenters. The van der Waals surface area contributed by atoms with Crippen LogP contribution >= 0.6 is 57.6 Å². The van der Waals surface area contributed by atoms with Gasteiger partial charge in [0.1, 0.15) is 5.75 Å². The highest BCUT2D eigenvalue weighted by atomic mass is 127. The van der Waals surface area contributed by atoms with Gasteiger partial charge in [-0.15, -0.1) is 22.6 Å². The summed E-state index contributed by atoms with van der Waals surface area (Å²) < 4.78 is 3.13. The van der Waals surface area contributed by atoms with Gasteiger partial charge in [-0.3, -0.25) is 0 Å². The number of hydrogen-bond acceptors (Lipinski definition) is 6. The summed E-state index contributed by atoms with van der Waals surface area (Å²) in [5, 5.41) is 21.7. The highest BCUT2D eigenvalue weighted by Crippen LogP contribution is 2.25. The van der Waals surface area contributed by atoms with Crippen LogP contribution in [0.5, 0.6) is 5.75 Å². The minimum absolute atomic E-state index is 0. The van der Waals surface area contributed by atoms with E-state index in [2.05, 4.69) is 65.9 Å². The minimum atomic E-state index is 0. The second-order valence-corrected chi connectivity index (χ2v) is 6.27. The van der Waals surface area contributed by atoms with Crippen molar-refractivity contribution in [3.63, 3.8) is 0 Å². The summed E-state index contributed by atoms with van der Waals surface area (Å²) in [6, 6.07) is 3.71. The molecule has 10 heteroatoms. The van der Waals surface area contributed by atoms with Crippen molar-refractivity contribution in [1.82, 2.24) is 14.9 Å². The zero-order valence-electron chi connectivity index (χ0n) is 10.9. The molecule has 2 rings (SSSR count). The van der Waals surface area contributed by atoms with Gasteiger partial charge in [-0.2, -0.15) is 5.10 Å². The number of nitrogens with one attached hydrogen (secondary N) is 1. The van der Waals surface area contributed by atoms with E-state index in [1.165, 1.54) is 10.9 Å². The number of phenols is 1. The lowest BCUT2D eigenvalue weighted by atomic mass is 10.2. The van der Waals surface area contributed by atoms with Gasteiger partial charge in [-0.1, -0.05) is 6.92 Å². The van der Waals surface area contributed by atoms with Crippen LogP contribution in [-0.4, -0.2) is 26.2 Å². The number of nitrogen functional groups attached to an aromatic ring is 1. The number of aromatic nitrogens is 3. The van der Waals surface area contributed by atoms with Crippen LogP contribution in [0.3, 0.4) is 0 Å². The van der Waals surface area contributed by atoms with Gasteiger partial charge in [-0.05, 0) is 57.3 Å². The number of hydrogen-bond donors (Lipinski definition) is 3. The van der Waals surface area contributed by atoms with E-state index in [1.54, 1.807) is 0 Å². The molecule has 0 bridgehead atoms. The van der Waals surface area contributed by atoms with Crippen molar-refractivity contribution in [3.05, 3.63) is 30.7 Å². The third kappa shape index (κ3) is 4.32. The Balaban J connectivity index is 0.00000220. The lowest BCUT2D eigenvalue weighted by molar-refractivity contribution is 0.470. The Morgan fingerprint density at radius 1 is 1.43 bits per heavy atom. The molecule has 2 aromatic rings. The van der Waals surface area contributed by atoms with E-state index in [1.807, 2.05) is 19.1 Å². The lowest BCUT2D eigenvalue weighted by Crippen LogP contribution is -2.14. The van der Waals surface area contributed by atoms with Crippen molar-refractivity contribution in [2.45, 2.75) is 13.3 Å². The molecule has 0 amide bonds. The molecule has 0 unspecified atom stereocenters. The van der Waals surface area contributed by atoms with E-state index in [4.69, 9.17) is 5.84 Å². The fourth-order valence-corrected chi connectivity index (χ4v) is 3.37. The van der Waals surface area contributed by atoms with Gasteiger partial charge >= 0.3 is 0 Å². The Hall–Kier alpha value is -0.820. The second-order valence-electron chi connectivity index (χ2n) is 3.86. The van der Waals surface area contributed by atoms with Crippen molar-refractivity contribution in [2.75, 3.05) is 11.3 Å². The largest absolute Gasteiger partial charge is 0.506 e. The molecule has 1 aromatic carbocycles. The molecule has 0 saturated heterocycles. The van der Waals surface area contributed by atoms with E-state index < -0.39 is 0 Å². The van der Waals surface area contributed by atoms with Gasteiger partial charge in [-0.25, -0.2) is 10.1 Å². The molecule has 0 aliphatic carbocycles. The Morgan fingerprint density at radius 3 is 2.76 bits per heavy atom. The summed E-state index contributed by atoms with van der Waals surface area (Å²) in [7, 11) is 0. The van der Waals surface area contributed by atoms with Crippen molar-refractivity contribution < 1.29 is 5.11 Å². The summed E-state index contributed by atoms with van der Waals surface area (Å²) in [4.78, 5) is 0. The number of aromatic hydroxyl groups is 1. The van der Waals surface area contributed by atoms with Crippen LogP contribution < -0.4 is 11.3 Å². The molecular weight excluding hydrogens is 521 g/mol. The lowest BCUT2D eigenvalue weighted by Gasteiger charge is -2.03. The van der Waals surface area contributed by atoms with Crippen LogP contribution in [-0.2, 0) is 6.42 Å². The first-order valence-electron chi connectivity index (χ1n) is 5.69. The van der Waals surface area contributed by atoms with Crippen LogP contribution in [0.1, 0.15) is 18.3 Å². The van der Waals surface area contributed by atoms with Gasteiger partial charge in [0.2, 0.25) is 0 Å². The number of nitrogens with two attached hydrogens (primary N) is 1. The van der Waals surface area contributed by atoms with Gasteiger partial charge in [0.15, 0.2) is 5.82 Å². The molecule has 21 heavy (non-hydrogen) atoms. The number of aryl methyl sites for hydroxylation is 1. The first kappa shape index (κ1) is 18.2. The fourth-order valence-electron chi connectivity index (χ4n) is 1.48. The molecule has 4 N–H and O–H groups in total. The standard InChI is InChI=1S/C11H12I2N6O.ClH/c1-2-9-16-18-11(19(9)14)17-15-5-6-3-7(12)4-8(13)10(6)20;/h3-5,20H,2,14H2,1H3,(H,17,18);1H. The number of hydrazone groups is 1. The fraction of sp³-hybridized carbons (Fsp3) is 0.182. The zero-order valence-corrected chi connectivity index (χ0v) is 16.0. The maximum Gasteiger partial charge on any atom is 0.263 e. The van der Waals surface area contributed by atoms with Crippen LogP contribution in [0.2, 0.25) is 0 Å². The Kier molecular flexibility index (Phi) is 6.93. The van der Waals surface area contributed by atoms with E-state index in [0.29, 0.717) is 23.8 Å². The Morgan fingerprint density at radius 2 is 2.14 bits per heavy atom. The van der Waals surface area contributed by atoms with Gasteiger partial charge < -0.3 is 10.9 Å². The van der Waals surface area contributed by atoms with Crippen molar-refractivity contribution in [2.24, 2.45) is 5.10 Å². The quantitative estimate of drug-likeness (QED) is 0.242. The monoisotopic (exact) mass is 534 g/mol. The van der Waals surface area contributed by atoms with Crippen molar-refractivity contribution in [1.29, 1.82) is 0 Å². The predicted octanol–water partition coefficient (Wildman–Crippen LogP) is 2.34. The molecule has 7 nitrogen and oxygen atoms in total. The maximum absolute atomic E-state index is 9.93. The van der Waals surface area contributed by atoms with E-state index in [9.17, 15) is 5.11 Å². The number of rotatable bonds is 4. The predicted molar refractivity (Wildman–Crippen MR) is 102 cm³/mol. The molecule has 1 aromatic heterocycles. The van der Waals surface area contributed by atoms with Crippen molar-refractivity contribution >= 4 is 69.8 Å². The van der Waals surface area contributed by atoms with Crippen LogP contribution in [0.4, 0.5) is 5.95 Å². The number of benzene rings is 1. The number of halogens is 3. The molecular formula is C11H13ClI2N6O. The van der Waals surface area contributed by atoms with E-state index in [-0.39, 0.29) is 18.2 Å². The summed E-state index contributed by atoms with van der Waals surface area (Å²) in [5.41, 5.74) is 3.32. The van der Waals surface area contributed by atoms with Gasteiger partial charge in [0, 0.05) is 15.6 Å². The average Bonchev–Trinajstić information content (AvgIpc) is 2.76. The number of anilines is 1. The molecule has 0 aliphatic heterocycles. The van der Waals surface area contributed by atoms with Gasteiger partial charge in [0.25, 0.3) is 5.95 Å². The normalized spacial score (nSPS) is 10.6. The van der Waals surface area contributed by atoms with E-state index in [0.717, 1.165) is 7.14 Å². The molecule has 0 radical (unpaired) electrons. The Labute approximate surface area is 155 Å². The average molecular weight is 535 g/mol. The minimum Gasteiger partial charge on any atom is -0.506 e. The zero-order chi connectivity index (χ0) is 14.7. The number of phenolic OH excluding ortho intramolecular Hbond substituents is 1. The molecule has 1 heterocycles. The van der Waals surface area contributed by atoms with Crippen LogP contribution in [0, 0.1) is 7.14 Å². The third-order valence-corrected chi connectivity index (χ3v) is 3.95. The second kappa shape index (κ2) is 7.98. The third-order valence-electron chi connectivity index (χ3n) is 2.51. The summed E-state index contributed by atoms with van der Waals surface area (Å²) >= 11 is 4.25. The molecule has 0 fully saturated rings. The first-order valence-corrected chi connectivity index (χ1v) is 7.85.